The third-order valence-corrected chi connectivity index (χ3v) is 4.55. The maximum Gasteiger partial charge on any atom is 0.168 e. The Hall–Kier alpha value is -3.68. The van der Waals surface area contributed by atoms with Crippen LogP contribution in [0.25, 0.3) is 22.2 Å². The van der Waals surface area contributed by atoms with Crippen molar-refractivity contribution in [1.29, 1.82) is 0 Å². The molecule has 4 aromatic rings. The number of fused-ring (bicyclic) bond motifs is 1. The molecule has 0 unspecified atom stereocenters. The van der Waals surface area contributed by atoms with E-state index in [2.05, 4.69) is 25.6 Å². The first-order chi connectivity index (χ1) is 14.0. The van der Waals surface area contributed by atoms with E-state index in [1.54, 1.807) is 7.05 Å². The summed E-state index contributed by atoms with van der Waals surface area (Å²) in [4.78, 5) is 12.5. The molecule has 0 aliphatic heterocycles. The van der Waals surface area contributed by atoms with Crippen LogP contribution >= 0.6 is 0 Å². The highest BCUT2D eigenvalue weighted by Crippen LogP contribution is 2.29. The van der Waals surface area contributed by atoms with Crippen LogP contribution in [0.2, 0.25) is 0 Å². The molecule has 0 aliphatic rings. The molecule has 0 saturated carbocycles. The molecule has 2 aromatic heterocycles. The number of halogens is 3. The Labute approximate surface area is 164 Å². The number of pyridine rings is 1. The summed E-state index contributed by atoms with van der Waals surface area (Å²) in [5.41, 5.74) is 0.891. The lowest BCUT2D eigenvalue weighted by molar-refractivity contribution is 0.488. The SMILES string of the molecule is CNc1ccc2ccc(Nc3cc(-c4cc(F)c(C)c(F)c4F)ncn3)cc2n1. The molecule has 0 spiro atoms. The van der Waals surface area contributed by atoms with Crippen LogP contribution < -0.4 is 10.6 Å². The van der Waals surface area contributed by atoms with Crippen molar-refractivity contribution in [3.8, 4) is 11.3 Å². The molecule has 0 fully saturated rings. The molecule has 2 N–H and O–H groups in total. The van der Waals surface area contributed by atoms with Gasteiger partial charge in [0.25, 0.3) is 0 Å². The zero-order valence-corrected chi connectivity index (χ0v) is 15.6. The molecule has 29 heavy (non-hydrogen) atoms. The maximum atomic E-state index is 14.3. The van der Waals surface area contributed by atoms with Crippen molar-refractivity contribution in [1.82, 2.24) is 15.0 Å². The van der Waals surface area contributed by atoms with Gasteiger partial charge in [-0.1, -0.05) is 6.07 Å². The van der Waals surface area contributed by atoms with E-state index in [-0.39, 0.29) is 16.8 Å². The van der Waals surface area contributed by atoms with Crippen LogP contribution in [-0.4, -0.2) is 22.0 Å². The Morgan fingerprint density at radius 2 is 1.66 bits per heavy atom. The Morgan fingerprint density at radius 1 is 0.862 bits per heavy atom. The van der Waals surface area contributed by atoms with Gasteiger partial charge in [0, 0.05) is 35.3 Å². The van der Waals surface area contributed by atoms with Crippen LogP contribution in [0.4, 0.5) is 30.5 Å². The van der Waals surface area contributed by atoms with Gasteiger partial charge in [-0.3, -0.25) is 0 Å². The zero-order valence-electron chi connectivity index (χ0n) is 15.6. The molecule has 2 aromatic carbocycles. The van der Waals surface area contributed by atoms with Crippen molar-refractivity contribution in [3.63, 3.8) is 0 Å². The highest BCUT2D eigenvalue weighted by Gasteiger charge is 2.18. The average molecular weight is 395 g/mol. The molecule has 0 radical (unpaired) electrons. The minimum atomic E-state index is -1.23. The lowest BCUT2D eigenvalue weighted by Crippen LogP contribution is -2.00. The van der Waals surface area contributed by atoms with E-state index in [1.165, 1.54) is 19.3 Å². The summed E-state index contributed by atoms with van der Waals surface area (Å²) in [5.74, 6) is -2.14. The lowest BCUT2D eigenvalue weighted by Gasteiger charge is -2.10. The predicted molar refractivity (Wildman–Crippen MR) is 107 cm³/mol. The molecule has 8 heteroatoms. The van der Waals surface area contributed by atoms with Gasteiger partial charge in [-0.15, -0.1) is 0 Å². The summed E-state index contributed by atoms with van der Waals surface area (Å²) >= 11 is 0. The van der Waals surface area contributed by atoms with Crippen molar-refractivity contribution in [2.45, 2.75) is 6.92 Å². The average Bonchev–Trinajstić information content (AvgIpc) is 2.74. The molecule has 0 aliphatic carbocycles. The summed E-state index contributed by atoms with van der Waals surface area (Å²) in [6.07, 6.45) is 1.20. The first kappa shape index (κ1) is 18.7. The van der Waals surface area contributed by atoms with Gasteiger partial charge in [0.05, 0.1) is 11.2 Å². The van der Waals surface area contributed by atoms with Crippen LogP contribution in [0, 0.1) is 24.4 Å². The van der Waals surface area contributed by atoms with Crippen LogP contribution in [0.5, 0.6) is 0 Å². The number of benzene rings is 2. The van der Waals surface area contributed by atoms with Gasteiger partial charge in [0.1, 0.15) is 23.8 Å². The smallest absolute Gasteiger partial charge is 0.168 e. The van der Waals surface area contributed by atoms with E-state index in [4.69, 9.17) is 0 Å². The van der Waals surface area contributed by atoms with Gasteiger partial charge in [-0.05, 0) is 37.3 Å². The van der Waals surface area contributed by atoms with Gasteiger partial charge in [0.15, 0.2) is 11.6 Å². The quantitative estimate of drug-likeness (QED) is 0.465. The van der Waals surface area contributed by atoms with Crippen molar-refractivity contribution < 1.29 is 13.2 Å². The predicted octanol–water partition coefficient (Wildman–Crippen LogP) is 5.20. The van der Waals surface area contributed by atoms with Gasteiger partial charge >= 0.3 is 0 Å². The fourth-order valence-corrected chi connectivity index (χ4v) is 2.93. The van der Waals surface area contributed by atoms with E-state index >= 15 is 0 Å². The molecular formula is C21H16F3N5. The van der Waals surface area contributed by atoms with Gasteiger partial charge in [-0.2, -0.15) is 0 Å². The largest absolute Gasteiger partial charge is 0.373 e. The highest BCUT2D eigenvalue weighted by molar-refractivity contribution is 5.84. The van der Waals surface area contributed by atoms with Crippen LogP contribution in [0.1, 0.15) is 5.56 Å². The molecule has 4 rings (SSSR count). The van der Waals surface area contributed by atoms with E-state index in [0.717, 1.165) is 22.8 Å². The Balaban J connectivity index is 1.69. The van der Waals surface area contributed by atoms with E-state index in [1.807, 2.05) is 30.3 Å². The monoisotopic (exact) mass is 395 g/mol. The van der Waals surface area contributed by atoms with Crippen LogP contribution in [0.3, 0.4) is 0 Å². The molecule has 0 bridgehead atoms. The van der Waals surface area contributed by atoms with Crippen molar-refractivity contribution in [3.05, 3.63) is 71.8 Å². The van der Waals surface area contributed by atoms with Crippen molar-refractivity contribution in [2.75, 3.05) is 17.7 Å². The molecule has 146 valence electrons. The molecule has 5 nitrogen and oxygen atoms in total. The van der Waals surface area contributed by atoms with Crippen LogP contribution in [0.15, 0.2) is 48.8 Å². The zero-order chi connectivity index (χ0) is 20.5. The normalized spacial score (nSPS) is 10.9. The van der Waals surface area contributed by atoms with E-state index in [9.17, 15) is 13.2 Å². The number of aromatic nitrogens is 3. The van der Waals surface area contributed by atoms with Crippen LogP contribution in [-0.2, 0) is 0 Å². The first-order valence-electron chi connectivity index (χ1n) is 8.78. The van der Waals surface area contributed by atoms with Gasteiger partial charge < -0.3 is 10.6 Å². The third kappa shape index (κ3) is 3.56. The van der Waals surface area contributed by atoms with Crippen molar-refractivity contribution in [2.24, 2.45) is 0 Å². The highest BCUT2D eigenvalue weighted by atomic mass is 19.2. The minimum absolute atomic E-state index is 0.0641. The molecule has 2 heterocycles. The molecular weight excluding hydrogens is 379 g/mol. The molecule has 0 amide bonds. The second kappa shape index (κ2) is 7.38. The summed E-state index contributed by atoms with van der Waals surface area (Å²) in [6.45, 7) is 1.18. The number of anilines is 3. The summed E-state index contributed by atoms with van der Waals surface area (Å²) in [5, 5.41) is 7.03. The number of rotatable bonds is 4. The summed E-state index contributed by atoms with van der Waals surface area (Å²) < 4.78 is 42.1. The van der Waals surface area contributed by atoms with E-state index in [0.29, 0.717) is 11.5 Å². The second-order valence-corrected chi connectivity index (χ2v) is 6.43. The van der Waals surface area contributed by atoms with Gasteiger partial charge in [-0.25, -0.2) is 28.1 Å². The second-order valence-electron chi connectivity index (χ2n) is 6.43. The Bertz CT molecular complexity index is 1230. The lowest BCUT2D eigenvalue weighted by atomic mass is 10.1. The summed E-state index contributed by atoms with van der Waals surface area (Å²) in [7, 11) is 1.79. The number of hydrogen-bond acceptors (Lipinski definition) is 5. The third-order valence-electron chi connectivity index (χ3n) is 4.55. The number of hydrogen-bond donors (Lipinski definition) is 2. The standard InChI is InChI=1S/C21H16F3N5/c1-11-15(22)8-14(21(24)20(11)23)17-9-19(27-10-26-17)28-13-5-3-12-4-6-18(25-2)29-16(12)7-13/h3-10H,1-2H3,(H,25,29)(H,26,27,28). The molecule has 0 atom stereocenters. The van der Waals surface area contributed by atoms with E-state index < -0.39 is 17.5 Å². The summed E-state index contributed by atoms with van der Waals surface area (Å²) in [6, 6.07) is 11.8. The fourth-order valence-electron chi connectivity index (χ4n) is 2.93. The maximum absolute atomic E-state index is 14.3. The molecule has 0 saturated heterocycles. The number of nitrogens with one attached hydrogen (secondary N) is 2. The topological polar surface area (TPSA) is 62.7 Å². The minimum Gasteiger partial charge on any atom is -0.373 e. The Morgan fingerprint density at radius 3 is 2.45 bits per heavy atom. The van der Waals surface area contributed by atoms with Gasteiger partial charge in [0.2, 0.25) is 0 Å². The first-order valence-corrected chi connectivity index (χ1v) is 8.78. The van der Waals surface area contributed by atoms with Crippen molar-refractivity contribution >= 4 is 28.2 Å². The number of nitrogens with zero attached hydrogens (tertiary/aromatic N) is 3. The fraction of sp³-hybridized carbons (Fsp3) is 0.0952. The Kier molecular flexibility index (Phi) is 4.75.